The molecule has 1 atom stereocenters. The number of hydrogen-bond acceptors (Lipinski definition) is 7. The number of esters is 1. The Morgan fingerprint density at radius 1 is 1.60 bits per heavy atom. The van der Waals surface area contributed by atoms with E-state index in [0.717, 1.165) is 11.5 Å². The van der Waals surface area contributed by atoms with Crippen molar-refractivity contribution in [1.82, 2.24) is 9.97 Å². The van der Waals surface area contributed by atoms with Crippen LogP contribution in [0.25, 0.3) is 0 Å². The molecule has 0 aliphatic carbocycles. The summed E-state index contributed by atoms with van der Waals surface area (Å²) in [5.41, 5.74) is 0. The number of hydrogen-bond donors (Lipinski definition) is 1. The summed E-state index contributed by atoms with van der Waals surface area (Å²) in [7, 11) is 1.27. The van der Waals surface area contributed by atoms with E-state index < -0.39 is 11.9 Å². The highest BCUT2D eigenvalue weighted by Gasteiger charge is 2.26. The fourth-order valence-electron chi connectivity index (χ4n) is 2.03. The molecule has 1 aliphatic heterocycles. The van der Waals surface area contributed by atoms with Gasteiger partial charge in [0.25, 0.3) is 0 Å². The molecule has 8 heteroatoms. The minimum atomic E-state index is -0.843. The quantitative estimate of drug-likeness (QED) is 0.810. The van der Waals surface area contributed by atoms with Gasteiger partial charge in [0.2, 0.25) is 5.82 Å². The number of carbonyl (C=O) groups excluding carboxylic acids is 1. The third-order valence-electron chi connectivity index (χ3n) is 2.94. The van der Waals surface area contributed by atoms with E-state index in [4.69, 9.17) is 5.11 Å². The maximum absolute atomic E-state index is 11.4. The molecule has 0 spiro atoms. The van der Waals surface area contributed by atoms with Crippen molar-refractivity contribution in [3.63, 3.8) is 0 Å². The van der Waals surface area contributed by atoms with E-state index in [1.165, 1.54) is 13.3 Å². The number of carboxylic acids is 1. The molecule has 1 saturated heterocycles. The van der Waals surface area contributed by atoms with Gasteiger partial charge in [0, 0.05) is 30.3 Å². The predicted octanol–water partition coefficient (Wildman–Crippen LogP) is 0.660. The van der Waals surface area contributed by atoms with Crippen molar-refractivity contribution in [1.29, 1.82) is 0 Å². The number of rotatable bonds is 4. The van der Waals surface area contributed by atoms with Gasteiger partial charge >= 0.3 is 11.9 Å². The number of carbonyl (C=O) groups is 2. The van der Waals surface area contributed by atoms with E-state index in [1.807, 2.05) is 4.90 Å². The first-order valence-corrected chi connectivity index (χ1v) is 7.25. The van der Waals surface area contributed by atoms with Gasteiger partial charge in [-0.2, -0.15) is 11.8 Å². The molecule has 1 aromatic rings. The Morgan fingerprint density at radius 3 is 3.10 bits per heavy atom. The molecule has 1 aliphatic rings. The second-order valence-electron chi connectivity index (χ2n) is 4.25. The number of nitrogens with zero attached hydrogens (tertiary/aromatic N) is 3. The first kappa shape index (κ1) is 14.6. The van der Waals surface area contributed by atoms with Crippen LogP contribution in [0.4, 0.5) is 5.82 Å². The smallest absolute Gasteiger partial charge is 0.376 e. The summed E-state index contributed by atoms with van der Waals surface area (Å²) in [5, 5.41) is 8.97. The minimum Gasteiger partial charge on any atom is -0.481 e. The van der Waals surface area contributed by atoms with Crippen LogP contribution in [0.1, 0.15) is 17.0 Å². The molecule has 20 heavy (non-hydrogen) atoms. The van der Waals surface area contributed by atoms with Gasteiger partial charge in [0.15, 0.2) is 0 Å². The number of anilines is 1. The van der Waals surface area contributed by atoms with Crippen LogP contribution in [0.2, 0.25) is 0 Å². The highest BCUT2D eigenvalue weighted by atomic mass is 32.2. The number of ether oxygens (including phenoxy) is 1. The maximum atomic E-state index is 11.4. The Labute approximate surface area is 120 Å². The molecule has 2 heterocycles. The summed E-state index contributed by atoms with van der Waals surface area (Å²) in [4.78, 5) is 32.3. The van der Waals surface area contributed by atoms with E-state index >= 15 is 0 Å². The molecule has 0 saturated carbocycles. The lowest BCUT2D eigenvalue weighted by Crippen LogP contribution is -2.44. The monoisotopic (exact) mass is 297 g/mol. The van der Waals surface area contributed by atoms with Crippen LogP contribution in [0.3, 0.4) is 0 Å². The SMILES string of the molecule is COC(=O)c1nccc(N2CCSCC2CC(=O)O)n1. The zero-order chi connectivity index (χ0) is 14.5. The van der Waals surface area contributed by atoms with Gasteiger partial charge in [-0.05, 0) is 6.07 Å². The zero-order valence-electron chi connectivity index (χ0n) is 11.0. The molecule has 0 radical (unpaired) electrons. The number of methoxy groups -OCH3 is 1. The molecule has 1 aromatic heterocycles. The molecule has 108 valence electrons. The maximum Gasteiger partial charge on any atom is 0.376 e. The summed E-state index contributed by atoms with van der Waals surface area (Å²) in [5.74, 6) is 0.722. The Kier molecular flexibility index (Phi) is 4.78. The van der Waals surface area contributed by atoms with Crippen LogP contribution in [0, 0.1) is 0 Å². The molecule has 2 rings (SSSR count). The van der Waals surface area contributed by atoms with Gasteiger partial charge in [0.05, 0.1) is 13.5 Å². The first-order chi connectivity index (χ1) is 9.61. The van der Waals surface area contributed by atoms with Crippen LogP contribution in [-0.4, -0.2) is 58.2 Å². The lowest BCUT2D eigenvalue weighted by molar-refractivity contribution is -0.137. The van der Waals surface area contributed by atoms with E-state index in [2.05, 4.69) is 14.7 Å². The normalized spacial score (nSPS) is 18.6. The predicted molar refractivity (Wildman–Crippen MR) is 74.1 cm³/mol. The van der Waals surface area contributed by atoms with Gasteiger partial charge < -0.3 is 14.7 Å². The molecular formula is C12H15N3O4S. The second kappa shape index (κ2) is 6.56. The van der Waals surface area contributed by atoms with Crippen LogP contribution in [0.5, 0.6) is 0 Å². The Hall–Kier alpha value is -1.83. The lowest BCUT2D eigenvalue weighted by atomic mass is 10.2. The zero-order valence-corrected chi connectivity index (χ0v) is 11.8. The van der Waals surface area contributed by atoms with Crippen LogP contribution < -0.4 is 4.90 Å². The van der Waals surface area contributed by atoms with E-state index in [9.17, 15) is 9.59 Å². The van der Waals surface area contributed by atoms with Crippen LogP contribution in [-0.2, 0) is 9.53 Å². The highest BCUT2D eigenvalue weighted by molar-refractivity contribution is 7.99. The van der Waals surface area contributed by atoms with Crippen molar-refractivity contribution in [3.8, 4) is 0 Å². The summed E-state index contributed by atoms with van der Waals surface area (Å²) >= 11 is 1.72. The van der Waals surface area contributed by atoms with E-state index in [-0.39, 0.29) is 18.3 Å². The molecular weight excluding hydrogens is 282 g/mol. The Morgan fingerprint density at radius 2 is 2.40 bits per heavy atom. The molecule has 1 unspecified atom stereocenters. The minimum absolute atomic E-state index is 0.0164. The number of thioether (sulfide) groups is 1. The van der Waals surface area contributed by atoms with Gasteiger partial charge in [-0.25, -0.2) is 14.8 Å². The van der Waals surface area contributed by atoms with Gasteiger partial charge in [-0.15, -0.1) is 0 Å². The van der Waals surface area contributed by atoms with Crippen molar-refractivity contribution in [3.05, 3.63) is 18.1 Å². The van der Waals surface area contributed by atoms with Gasteiger partial charge in [-0.3, -0.25) is 4.79 Å². The van der Waals surface area contributed by atoms with Crippen molar-refractivity contribution >= 4 is 29.5 Å². The van der Waals surface area contributed by atoms with Crippen molar-refractivity contribution < 1.29 is 19.4 Å². The molecule has 0 amide bonds. The van der Waals surface area contributed by atoms with E-state index in [1.54, 1.807) is 17.8 Å². The number of aromatic nitrogens is 2. The average molecular weight is 297 g/mol. The average Bonchev–Trinajstić information content (AvgIpc) is 2.46. The number of aliphatic carboxylic acids is 1. The second-order valence-corrected chi connectivity index (χ2v) is 5.40. The van der Waals surface area contributed by atoms with Crippen molar-refractivity contribution in [2.45, 2.75) is 12.5 Å². The third kappa shape index (κ3) is 3.38. The summed E-state index contributed by atoms with van der Waals surface area (Å²) in [6.45, 7) is 0.695. The molecule has 7 nitrogen and oxygen atoms in total. The fraction of sp³-hybridized carbons (Fsp3) is 0.500. The van der Waals surface area contributed by atoms with E-state index in [0.29, 0.717) is 12.4 Å². The number of carboxylic acid groups (broad SMARTS) is 1. The van der Waals surface area contributed by atoms with Crippen LogP contribution >= 0.6 is 11.8 Å². The lowest BCUT2D eigenvalue weighted by Gasteiger charge is -2.35. The topological polar surface area (TPSA) is 92.6 Å². The molecule has 0 aromatic carbocycles. The highest BCUT2D eigenvalue weighted by Crippen LogP contribution is 2.24. The van der Waals surface area contributed by atoms with Crippen molar-refractivity contribution in [2.24, 2.45) is 0 Å². The molecule has 1 fully saturated rings. The largest absolute Gasteiger partial charge is 0.481 e. The first-order valence-electron chi connectivity index (χ1n) is 6.09. The van der Waals surface area contributed by atoms with Gasteiger partial charge in [0.1, 0.15) is 5.82 Å². The molecule has 1 N–H and O–H groups in total. The fourth-order valence-corrected chi connectivity index (χ4v) is 3.09. The van der Waals surface area contributed by atoms with Crippen molar-refractivity contribution in [2.75, 3.05) is 30.1 Å². The summed E-state index contributed by atoms with van der Waals surface area (Å²) < 4.78 is 4.59. The van der Waals surface area contributed by atoms with Gasteiger partial charge in [-0.1, -0.05) is 0 Å². The standard InChI is InChI=1S/C12H15N3O4S/c1-19-12(18)11-13-3-2-9(14-11)15-4-5-20-7-8(15)6-10(16)17/h2-3,8H,4-7H2,1H3,(H,16,17). The Balaban J connectivity index is 2.23. The summed E-state index contributed by atoms with van der Waals surface area (Å²) in [6.07, 6.45) is 1.53. The summed E-state index contributed by atoms with van der Waals surface area (Å²) in [6, 6.07) is 1.55. The third-order valence-corrected chi connectivity index (χ3v) is 4.03. The van der Waals surface area contributed by atoms with Crippen LogP contribution in [0.15, 0.2) is 12.3 Å². The molecule has 0 bridgehead atoms. The Bertz CT molecular complexity index is 511.